The molecule has 0 atom stereocenters. The van der Waals surface area contributed by atoms with Crippen LogP contribution in [0.3, 0.4) is 0 Å². The van der Waals surface area contributed by atoms with E-state index in [9.17, 15) is 0 Å². The highest BCUT2D eigenvalue weighted by molar-refractivity contribution is 5.62. The van der Waals surface area contributed by atoms with E-state index < -0.39 is 0 Å². The van der Waals surface area contributed by atoms with Gasteiger partial charge in [-0.2, -0.15) is 0 Å². The maximum Gasteiger partial charge on any atom is 0.161 e. The van der Waals surface area contributed by atoms with Gasteiger partial charge in [0, 0.05) is 19.2 Å². The van der Waals surface area contributed by atoms with Crippen LogP contribution < -0.4 is 15.2 Å². The lowest BCUT2D eigenvalue weighted by atomic mass is 10.2. The van der Waals surface area contributed by atoms with Gasteiger partial charge in [-0.15, -0.1) is 0 Å². The summed E-state index contributed by atoms with van der Waals surface area (Å²) in [5, 5.41) is 0. The van der Waals surface area contributed by atoms with Crippen molar-refractivity contribution in [2.45, 2.75) is 13.5 Å². The van der Waals surface area contributed by atoms with Crippen molar-refractivity contribution >= 4 is 0 Å². The summed E-state index contributed by atoms with van der Waals surface area (Å²) in [5.41, 5.74) is 7.63. The Kier molecular flexibility index (Phi) is 4.06. The molecule has 0 aliphatic heterocycles. The maximum atomic E-state index is 5.66. The molecule has 0 bridgehead atoms. The summed E-state index contributed by atoms with van der Waals surface area (Å²) < 4.78 is 12.8. The van der Waals surface area contributed by atoms with E-state index in [4.69, 9.17) is 15.2 Å². The average molecular weight is 261 g/mol. The molecule has 1 aromatic heterocycles. The molecule has 5 nitrogen and oxygen atoms in total. The highest BCUT2D eigenvalue weighted by Crippen LogP contribution is 2.32. The van der Waals surface area contributed by atoms with Crippen molar-refractivity contribution in [3.05, 3.63) is 30.1 Å². The first-order chi connectivity index (χ1) is 9.21. The van der Waals surface area contributed by atoms with Crippen LogP contribution in [0.5, 0.6) is 11.5 Å². The fraction of sp³-hybridized carbons (Fsp3) is 0.357. The summed E-state index contributed by atoms with van der Waals surface area (Å²) in [6, 6.07) is 5.78. The van der Waals surface area contributed by atoms with E-state index in [1.54, 1.807) is 13.3 Å². The van der Waals surface area contributed by atoms with Gasteiger partial charge in [0.05, 0.1) is 25.6 Å². The number of ether oxygens (including phenoxy) is 2. The van der Waals surface area contributed by atoms with Crippen LogP contribution in [0.15, 0.2) is 24.4 Å². The smallest absolute Gasteiger partial charge is 0.161 e. The third-order valence-electron chi connectivity index (χ3n) is 3.02. The molecule has 0 saturated carbocycles. The maximum absolute atomic E-state index is 5.66. The van der Waals surface area contributed by atoms with Crippen molar-refractivity contribution in [3.63, 3.8) is 0 Å². The molecule has 5 heteroatoms. The van der Waals surface area contributed by atoms with Gasteiger partial charge in [-0.1, -0.05) is 0 Å². The summed E-state index contributed by atoms with van der Waals surface area (Å²) in [7, 11) is 3.58. The largest absolute Gasteiger partial charge is 0.493 e. The first kappa shape index (κ1) is 13.4. The number of imidazole rings is 1. The number of nitrogens with two attached hydrogens (primary N) is 1. The first-order valence-corrected chi connectivity index (χ1v) is 6.23. The van der Waals surface area contributed by atoms with Crippen LogP contribution in [0.2, 0.25) is 0 Å². The predicted octanol–water partition coefficient (Wildman–Crippen LogP) is 1.95. The molecule has 0 aliphatic rings. The van der Waals surface area contributed by atoms with E-state index in [1.807, 2.05) is 36.7 Å². The molecule has 0 spiro atoms. The standard InChI is InChI=1S/C14H19N3O2/c1-4-19-13-7-10(5-6-12(13)18-3)14-16-9-11(8-15)17(14)2/h5-7,9H,4,8,15H2,1-3H3. The Labute approximate surface area is 113 Å². The monoisotopic (exact) mass is 261 g/mol. The molecular weight excluding hydrogens is 242 g/mol. The number of hydrogen-bond acceptors (Lipinski definition) is 4. The number of hydrogen-bond donors (Lipinski definition) is 1. The molecule has 2 aromatic rings. The molecular formula is C14H19N3O2. The van der Waals surface area contributed by atoms with Crippen molar-refractivity contribution in [1.29, 1.82) is 0 Å². The fourth-order valence-electron chi connectivity index (χ4n) is 1.99. The second-order valence-electron chi connectivity index (χ2n) is 4.13. The molecule has 0 unspecified atom stereocenters. The minimum atomic E-state index is 0.470. The summed E-state index contributed by atoms with van der Waals surface area (Å²) in [6.07, 6.45) is 1.79. The fourth-order valence-corrected chi connectivity index (χ4v) is 1.99. The van der Waals surface area contributed by atoms with E-state index in [-0.39, 0.29) is 0 Å². The molecule has 2 N–H and O–H groups in total. The molecule has 0 fully saturated rings. The topological polar surface area (TPSA) is 62.3 Å². The van der Waals surface area contributed by atoms with E-state index in [2.05, 4.69) is 4.98 Å². The minimum Gasteiger partial charge on any atom is -0.493 e. The number of nitrogens with zero attached hydrogens (tertiary/aromatic N) is 2. The number of benzene rings is 1. The summed E-state index contributed by atoms with van der Waals surface area (Å²) in [4.78, 5) is 4.40. The molecule has 0 radical (unpaired) electrons. The van der Waals surface area contributed by atoms with Crippen LogP contribution in [0.4, 0.5) is 0 Å². The normalized spacial score (nSPS) is 10.5. The lowest BCUT2D eigenvalue weighted by Crippen LogP contribution is -2.04. The van der Waals surface area contributed by atoms with Gasteiger partial charge in [-0.25, -0.2) is 4.98 Å². The van der Waals surface area contributed by atoms with Crippen LogP contribution >= 0.6 is 0 Å². The summed E-state index contributed by atoms with van der Waals surface area (Å²) >= 11 is 0. The van der Waals surface area contributed by atoms with Crippen LogP contribution in [0.25, 0.3) is 11.4 Å². The second kappa shape index (κ2) is 5.75. The van der Waals surface area contributed by atoms with Gasteiger partial charge in [0.15, 0.2) is 11.5 Å². The van der Waals surface area contributed by atoms with E-state index >= 15 is 0 Å². The van der Waals surface area contributed by atoms with Crippen molar-refractivity contribution in [2.24, 2.45) is 12.8 Å². The number of methoxy groups -OCH3 is 1. The predicted molar refractivity (Wildman–Crippen MR) is 74.3 cm³/mol. The number of aromatic nitrogens is 2. The first-order valence-electron chi connectivity index (χ1n) is 6.23. The third-order valence-corrected chi connectivity index (χ3v) is 3.02. The van der Waals surface area contributed by atoms with Gasteiger partial charge in [-0.3, -0.25) is 0 Å². The van der Waals surface area contributed by atoms with Gasteiger partial charge in [0.25, 0.3) is 0 Å². The summed E-state index contributed by atoms with van der Waals surface area (Å²) in [6.45, 7) is 3.01. The van der Waals surface area contributed by atoms with Gasteiger partial charge < -0.3 is 19.8 Å². The molecule has 102 valence electrons. The minimum absolute atomic E-state index is 0.470. The Morgan fingerprint density at radius 2 is 2.11 bits per heavy atom. The van der Waals surface area contributed by atoms with Crippen LogP contribution in [0, 0.1) is 0 Å². The highest BCUT2D eigenvalue weighted by atomic mass is 16.5. The molecule has 0 aliphatic carbocycles. The van der Waals surface area contributed by atoms with Crippen molar-refractivity contribution in [2.75, 3.05) is 13.7 Å². The van der Waals surface area contributed by atoms with Crippen molar-refractivity contribution in [3.8, 4) is 22.9 Å². The van der Waals surface area contributed by atoms with Gasteiger partial charge in [0.1, 0.15) is 5.82 Å². The van der Waals surface area contributed by atoms with Gasteiger partial charge in [0.2, 0.25) is 0 Å². The summed E-state index contributed by atoms with van der Waals surface area (Å²) in [5.74, 6) is 2.31. The lowest BCUT2D eigenvalue weighted by Gasteiger charge is -2.11. The Morgan fingerprint density at radius 3 is 2.68 bits per heavy atom. The highest BCUT2D eigenvalue weighted by Gasteiger charge is 2.11. The molecule has 0 amide bonds. The van der Waals surface area contributed by atoms with Crippen LogP contribution in [-0.2, 0) is 13.6 Å². The lowest BCUT2D eigenvalue weighted by molar-refractivity contribution is 0.311. The average Bonchev–Trinajstić information content (AvgIpc) is 2.80. The van der Waals surface area contributed by atoms with Crippen molar-refractivity contribution < 1.29 is 9.47 Å². The number of rotatable bonds is 5. The Hall–Kier alpha value is -2.01. The molecule has 1 heterocycles. The Bertz CT molecular complexity index is 564. The van der Waals surface area contributed by atoms with Gasteiger partial charge in [-0.05, 0) is 25.1 Å². The Morgan fingerprint density at radius 1 is 1.32 bits per heavy atom. The zero-order valence-corrected chi connectivity index (χ0v) is 11.5. The zero-order valence-electron chi connectivity index (χ0n) is 11.5. The Balaban J connectivity index is 2.44. The van der Waals surface area contributed by atoms with E-state index in [0.29, 0.717) is 13.2 Å². The van der Waals surface area contributed by atoms with Crippen molar-refractivity contribution in [1.82, 2.24) is 9.55 Å². The second-order valence-corrected chi connectivity index (χ2v) is 4.13. The third kappa shape index (κ3) is 2.56. The SMILES string of the molecule is CCOc1cc(-c2ncc(CN)n2C)ccc1OC. The van der Waals surface area contributed by atoms with E-state index in [0.717, 1.165) is 28.6 Å². The quantitative estimate of drug-likeness (QED) is 0.893. The molecule has 0 saturated heterocycles. The van der Waals surface area contributed by atoms with Gasteiger partial charge >= 0.3 is 0 Å². The molecule has 2 rings (SSSR count). The van der Waals surface area contributed by atoms with E-state index in [1.165, 1.54) is 0 Å². The van der Waals surface area contributed by atoms with Crippen LogP contribution in [0.1, 0.15) is 12.6 Å². The molecule has 19 heavy (non-hydrogen) atoms. The van der Waals surface area contributed by atoms with Crippen LogP contribution in [-0.4, -0.2) is 23.3 Å². The zero-order chi connectivity index (χ0) is 13.8. The molecule has 1 aromatic carbocycles.